The van der Waals surface area contributed by atoms with Crippen LogP contribution in [-0.2, 0) is 4.79 Å². The maximum atomic E-state index is 12.9. The van der Waals surface area contributed by atoms with Crippen LogP contribution >= 0.6 is 0 Å². The van der Waals surface area contributed by atoms with Crippen molar-refractivity contribution in [2.45, 2.75) is 39.7 Å². The summed E-state index contributed by atoms with van der Waals surface area (Å²) in [6.45, 7) is 7.89. The molecule has 5 rings (SSSR count). The molecule has 6 nitrogen and oxygen atoms in total. The second-order valence-corrected chi connectivity index (χ2v) is 9.31. The molecular weight excluding hydrogens is 422 g/mol. The van der Waals surface area contributed by atoms with Crippen LogP contribution in [0.1, 0.15) is 42.5 Å². The van der Waals surface area contributed by atoms with Crippen molar-refractivity contribution in [2.24, 2.45) is 5.92 Å². The Morgan fingerprint density at radius 2 is 1.79 bits per heavy atom. The molecule has 4 aromatic rings. The maximum Gasteiger partial charge on any atom is 0.223 e. The molecule has 1 saturated heterocycles. The topological polar surface area (TPSA) is 62.5 Å². The molecule has 1 atom stereocenters. The molecule has 174 valence electrons. The predicted molar refractivity (Wildman–Crippen MR) is 136 cm³/mol. The van der Waals surface area contributed by atoms with Gasteiger partial charge in [-0.25, -0.2) is 9.50 Å². The number of anilines is 1. The van der Waals surface area contributed by atoms with Crippen LogP contribution in [-0.4, -0.2) is 33.6 Å². The Morgan fingerprint density at radius 3 is 2.53 bits per heavy atom. The number of fused-ring (bicyclic) bond motifs is 1. The lowest BCUT2D eigenvalue weighted by Gasteiger charge is -2.32. The highest BCUT2D eigenvalue weighted by molar-refractivity contribution is 5.80. The molecule has 0 saturated carbocycles. The Kier molecular flexibility index (Phi) is 6.05. The number of carbonyl (C=O) groups is 1. The second-order valence-electron chi connectivity index (χ2n) is 9.31. The second kappa shape index (κ2) is 9.29. The number of aryl methyl sites for hydroxylation is 2. The first-order chi connectivity index (χ1) is 16.5. The predicted octanol–water partition coefficient (Wildman–Crippen LogP) is 5.11. The Balaban J connectivity index is 1.28. The molecule has 34 heavy (non-hydrogen) atoms. The Labute approximate surface area is 200 Å². The molecule has 0 radical (unpaired) electrons. The van der Waals surface area contributed by atoms with Gasteiger partial charge in [0.1, 0.15) is 5.52 Å². The summed E-state index contributed by atoms with van der Waals surface area (Å²) in [4.78, 5) is 19.9. The van der Waals surface area contributed by atoms with Gasteiger partial charge in [-0.1, -0.05) is 42.5 Å². The van der Waals surface area contributed by atoms with E-state index in [9.17, 15) is 4.79 Å². The lowest BCUT2D eigenvalue weighted by Crippen LogP contribution is -2.41. The number of amides is 1. The summed E-state index contributed by atoms with van der Waals surface area (Å²) >= 11 is 0. The van der Waals surface area contributed by atoms with Gasteiger partial charge in [-0.05, 0) is 62.4 Å². The molecule has 0 aliphatic carbocycles. The van der Waals surface area contributed by atoms with E-state index >= 15 is 0 Å². The quantitative estimate of drug-likeness (QED) is 0.456. The van der Waals surface area contributed by atoms with Crippen molar-refractivity contribution in [3.63, 3.8) is 0 Å². The number of aromatic nitrogens is 3. The summed E-state index contributed by atoms with van der Waals surface area (Å²) in [6, 6.07) is 18.7. The molecule has 0 bridgehead atoms. The zero-order valence-corrected chi connectivity index (χ0v) is 20.0. The standard InChI is InChI=1S/C28H31N5O/c1-19-9-10-24(17-20(19)2)25-18-26-27(29-13-16-33(26)31-25)32-14-11-23(12-15-32)28(34)30-21(3)22-7-5-4-6-8-22/h4-10,13,16-18,21,23H,11-12,14-15H2,1-3H3,(H,30,34). The Hall–Kier alpha value is -3.67. The van der Waals surface area contributed by atoms with Crippen LogP contribution in [0.15, 0.2) is 67.0 Å². The number of benzene rings is 2. The number of nitrogens with one attached hydrogen (secondary N) is 1. The van der Waals surface area contributed by atoms with Gasteiger partial charge in [0.15, 0.2) is 5.82 Å². The van der Waals surface area contributed by atoms with Gasteiger partial charge in [0.2, 0.25) is 5.91 Å². The van der Waals surface area contributed by atoms with Crippen LogP contribution in [0, 0.1) is 19.8 Å². The number of rotatable bonds is 5. The summed E-state index contributed by atoms with van der Waals surface area (Å²) in [5, 5.41) is 7.99. The van der Waals surface area contributed by atoms with Crippen molar-refractivity contribution in [2.75, 3.05) is 18.0 Å². The van der Waals surface area contributed by atoms with E-state index in [0.717, 1.165) is 54.1 Å². The molecule has 1 amide bonds. The van der Waals surface area contributed by atoms with E-state index in [-0.39, 0.29) is 17.9 Å². The first kappa shape index (κ1) is 22.1. The van der Waals surface area contributed by atoms with Gasteiger partial charge >= 0.3 is 0 Å². The van der Waals surface area contributed by atoms with Crippen LogP contribution in [0.25, 0.3) is 16.8 Å². The summed E-state index contributed by atoms with van der Waals surface area (Å²) in [5.74, 6) is 1.10. The van der Waals surface area contributed by atoms with Gasteiger partial charge in [0.25, 0.3) is 0 Å². The van der Waals surface area contributed by atoms with Crippen LogP contribution in [0.2, 0.25) is 0 Å². The fourth-order valence-corrected chi connectivity index (χ4v) is 4.70. The van der Waals surface area contributed by atoms with Gasteiger partial charge in [0, 0.05) is 37.0 Å². The average molecular weight is 454 g/mol. The molecule has 2 aromatic carbocycles. The SMILES string of the molecule is Cc1ccc(-c2cc3c(N4CCC(C(=O)NC(C)c5ccccc5)CC4)nccn3n2)cc1C. The molecule has 1 aliphatic rings. The number of hydrogen-bond donors (Lipinski definition) is 1. The highest BCUT2D eigenvalue weighted by atomic mass is 16.1. The van der Waals surface area contributed by atoms with Crippen LogP contribution in [0.4, 0.5) is 5.82 Å². The summed E-state index contributed by atoms with van der Waals surface area (Å²) in [6.07, 6.45) is 5.33. The fourth-order valence-electron chi connectivity index (χ4n) is 4.70. The Bertz CT molecular complexity index is 1310. The third-order valence-electron chi connectivity index (χ3n) is 7.00. The van der Waals surface area contributed by atoms with E-state index in [4.69, 9.17) is 10.1 Å². The van der Waals surface area contributed by atoms with Crippen molar-refractivity contribution in [1.82, 2.24) is 19.9 Å². The summed E-state index contributed by atoms with van der Waals surface area (Å²) in [5.41, 5.74) is 6.72. The number of nitrogens with zero attached hydrogens (tertiary/aromatic N) is 4. The minimum Gasteiger partial charge on any atom is -0.355 e. The van der Waals surface area contributed by atoms with Gasteiger partial charge < -0.3 is 10.2 Å². The molecule has 6 heteroatoms. The number of hydrogen-bond acceptors (Lipinski definition) is 4. The van der Waals surface area contributed by atoms with Crippen molar-refractivity contribution < 1.29 is 4.79 Å². The van der Waals surface area contributed by atoms with Crippen LogP contribution < -0.4 is 10.2 Å². The lowest BCUT2D eigenvalue weighted by atomic mass is 9.95. The van der Waals surface area contributed by atoms with Crippen molar-refractivity contribution in [3.05, 3.63) is 83.7 Å². The lowest BCUT2D eigenvalue weighted by molar-refractivity contribution is -0.126. The normalized spacial score (nSPS) is 15.4. The summed E-state index contributed by atoms with van der Waals surface area (Å²) in [7, 11) is 0. The van der Waals surface area contributed by atoms with Gasteiger partial charge in [-0.15, -0.1) is 0 Å². The summed E-state index contributed by atoms with van der Waals surface area (Å²) < 4.78 is 1.91. The van der Waals surface area contributed by atoms with Crippen molar-refractivity contribution in [3.8, 4) is 11.3 Å². The number of carbonyl (C=O) groups excluding carboxylic acids is 1. The number of piperidine rings is 1. The maximum absolute atomic E-state index is 12.9. The molecule has 1 unspecified atom stereocenters. The third-order valence-corrected chi connectivity index (χ3v) is 7.00. The molecule has 1 aliphatic heterocycles. The van der Waals surface area contributed by atoms with Crippen LogP contribution in [0.3, 0.4) is 0 Å². The highest BCUT2D eigenvalue weighted by Gasteiger charge is 2.27. The molecule has 1 fully saturated rings. The minimum atomic E-state index is 0.0118. The minimum absolute atomic E-state index is 0.0118. The first-order valence-electron chi connectivity index (χ1n) is 12.0. The van der Waals surface area contributed by atoms with Gasteiger partial charge in [0.05, 0.1) is 11.7 Å². The van der Waals surface area contributed by atoms with E-state index in [1.165, 1.54) is 11.1 Å². The monoisotopic (exact) mass is 453 g/mol. The zero-order valence-electron chi connectivity index (χ0n) is 20.0. The van der Waals surface area contributed by atoms with Gasteiger partial charge in [-0.2, -0.15) is 5.10 Å². The fraction of sp³-hybridized carbons (Fsp3) is 0.321. The molecule has 3 heterocycles. The highest BCUT2D eigenvalue weighted by Crippen LogP contribution is 2.29. The third kappa shape index (κ3) is 4.40. The van der Waals surface area contributed by atoms with Crippen LogP contribution in [0.5, 0.6) is 0 Å². The average Bonchev–Trinajstić information content (AvgIpc) is 3.31. The van der Waals surface area contributed by atoms with E-state index in [0.29, 0.717) is 0 Å². The molecular formula is C28H31N5O. The van der Waals surface area contributed by atoms with E-state index in [1.54, 1.807) is 6.20 Å². The zero-order chi connectivity index (χ0) is 23.7. The van der Waals surface area contributed by atoms with Gasteiger partial charge in [-0.3, -0.25) is 4.79 Å². The van der Waals surface area contributed by atoms with E-state index < -0.39 is 0 Å². The smallest absolute Gasteiger partial charge is 0.223 e. The van der Waals surface area contributed by atoms with E-state index in [2.05, 4.69) is 60.5 Å². The van der Waals surface area contributed by atoms with Crippen molar-refractivity contribution >= 4 is 17.2 Å². The van der Waals surface area contributed by atoms with E-state index in [1.807, 2.05) is 35.8 Å². The molecule has 2 aromatic heterocycles. The largest absolute Gasteiger partial charge is 0.355 e. The van der Waals surface area contributed by atoms with Crippen molar-refractivity contribution in [1.29, 1.82) is 0 Å². The molecule has 1 N–H and O–H groups in total. The first-order valence-corrected chi connectivity index (χ1v) is 12.0. The Morgan fingerprint density at radius 1 is 1.03 bits per heavy atom. The molecule has 0 spiro atoms.